The van der Waals surface area contributed by atoms with E-state index < -0.39 is 12.1 Å². The maximum atomic E-state index is 10.3. The van der Waals surface area contributed by atoms with Gasteiger partial charge in [0.15, 0.2) is 6.10 Å². The molecule has 0 spiro atoms. The van der Waals surface area contributed by atoms with Crippen LogP contribution in [0, 0.1) is 0 Å². The number of rotatable bonds is 12. The quantitative estimate of drug-likeness (QED) is 0.514. The maximum absolute atomic E-state index is 10.3. The molecule has 0 aromatic carbocycles. The zero-order valence-electron chi connectivity index (χ0n) is 11.2. The summed E-state index contributed by atoms with van der Waals surface area (Å²) in [5.41, 5.74) is 0. The summed E-state index contributed by atoms with van der Waals surface area (Å²) in [6.45, 7) is 2.23. The van der Waals surface area contributed by atoms with E-state index in [0.717, 1.165) is 12.8 Å². The summed E-state index contributed by atoms with van der Waals surface area (Å²) in [6.07, 6.45) is 11.5. The Kier molecular flexibility index (Phi) is 11.5. The van der Waals surface area contributed by atoms with Gasteiger partial charge in [0, 0.05) is 0 Å². The van der Waals surface area contributed by atoms with Crippen molar-refractivity contribution >= 4 is 5.97 Å². The van der Waals surface area contributed by atoms with Crippen LogP contribution in [-0.2, 0) is 4.79 Å². The van der Waals surface area contributed by atoms with E-state index in [1.54, 1.807) is 0 Å². The van der Waals surface area contributed by atoms with Gasteiger partial charge in [-0.2, -0.15) is 0 Å². The summed E-state index contributed by atoms with van der Waals surface area (Å²) in [7, 11) is 0. The largest absolute Gasteiger partial charge is 0.479 e. The first kappa shape index (κ1) is 16.4. The smallest absolute Gasteiger partial charge is 0.332 e. The molecule has 0 unspecified atom stereocenters. The van der Waals surface area contributed by atoms with Crippen LogP contribution in [0.4, 0.5) is 0 Å². The summed E-state index contributed by atoms with van der Waals surface area (Å²) in [5, 5.41) is 17.5. The number of carbonyl (C=O) groups is 1. The van der Waals surface area contributed by atoms with Crippen molar-refractivity contribution in [2.75, 3.05) is 0 Å². The maximum Gasteiger partial charge on any atom is 0.332 e. The molecule has 0 aliphatic rings. The topological polar surface area (TPSA) is 57.5 Å². The standard InChI is InChI=1S/C14H28O3/c1-2-3-4-5-6-7-8-9-10-11-12-13(15)14(16)17/h13,15H,2-12H2,1H3,(H,16,17)/t13-/m0/s1. The lowest BCUT2D eigenvalue weighted by atomic mass is 10.0. The van der Waals surface area contributed by atoms with Crippen LogP contribution in [0.1, 0.15) is 77.6 Å². The SMILES string of the molecule is CCCCCCCCCCCC[C@H](O)C(=O)O. The van der Waals surface area contributed by atoms with Gasteiger partial charge >= 0.3 is 5.97 Å². The Morgan fingerprint density at radius 2 is 1.29 bits per heavy atom. The van der Waals surface area contributed by atoms with Gasteiger partial charge in [-0.25, -0.2) is 4.79 Å². The molecular weight excluding hydrogens is 216 g/mol. The molecule has 0 aromatic rings. The fraction of sp³-hybridized carbons (Fsp3) is 0.929. The number of unbranched alkanes of at least 4 members (excludes halogenated alkanes) is 9. The second kappa shape index (κ2) is 11.9. The fourth-order valence-electron chi connectivity index (χ4n) is 1.95. The van der Waals surface area contributed by atoms with E-state index in [0.29, 0.717) is 6.42 Å². The Morgan fingerprint density at radius 3 is 1.71 bits per heavy atom. The highest BCUT2D eigenvalue weighted by Gasteiger charge is 2.11. The molecule has 0 radical (unpaired) electrons. The summed E-state index contributed by atoms with van der Waals surface area (Å²) >= 11 is 0. The number of hydrogen-bond donors (Lipinski definition) is 2. The number of aliphatic carboxylic acids is 1. The molecule has 0 fully saturated rings. The van der Waals surface area contributed by atoms with Gasteiger partial charge in [0.25, 0.3) is 0 Å². The molecule has 3 nitrogen and oxygen atoms in total. The third-order valence-corrected chi connectivity index (χ3v) is 3.12. The van der Waals surface area contributed by atoms with Crippen LogP contribution < -0.4 is 0 Å². The first-order valence-electron chi connectivity index (χ1n) is 7.09. The van der Waals surface area contributed by atoms with Crippen molar-refractivity contribution in [3.63, 3.8) is 0 Å². The highest BCUT2D eigenvalue weighted by atomic mass is 16.4. The molecule has 0 saturated carbocycles. The average molecular weight is 244 g/mol. The molecule has 102 valence electrons. The normalized spacial score (nSPS) is 12.6. The van der Waals surface area contributed by atoms with Gasteiger partial charge in [0.05, 0.1) is 0 Å². The summed E-state index contributed by atoms with van der Waals surface area (Å²) in [6, 6.07) is 0. The Bertz CT molecular complexity index is 180. The van der Waals surface area contributed by atoms with E-state index in [-0.39, 0.29) is 0 Å². The van der Waals surface area contributed by atoms with Crippen LogP contribution in [0.15, 0.2) is 0 Å². The number of hydrogen-bond acceptors (Lipinski definition) is 2. The van der Waals surface area contributed by atoms with Gasteiger partial charge in [0.2, 0.25) is 0 Å². The van der Waals surface area contributed by atoms with Gasteiger partial charge in [-0.3, -0.25) is 0 Å². The zero-order chi connectivity index (χ0) is 12.9. The van der Waals surface area contributed by atoms with Gasteiger partial charge in [0.1, 0.15) is 0 Å². The molecule has 0 aliphatic carbocycles. The van der Waals surface area contributed by atoms with E-state index in [4.69, 9.17) is 10.2 Å². The van der Waals surface area contributed by atoms with Crippen LogP contribution in [0.25, 0.3) is 0 Å². The molecule has 17 heavy (non-hydrogen) atoms. The summed E-state index contributed by atoms with van der Waals surface area (Å²) in [5.74, 6) is -1.10. The molecule has 0 aliphatic heterocycles. The molecular formula is C14H28O3. The van der Waals surface area contributed by atoms with Crippen molar-refractivity contribution in [3.05, 3.63) is 0 Å². The molecule has 0 aromatic heterocycles. The predicted molar refractivity (Wildman–Crippen MR) is 70.1 cm³/mol. The van der Waals surface area contributed by atoms with Crippen molar-refractivity contribution in [3.8, 4) is 0 Å². The number of carboxylic acids is 1. The first-order chi connectivity index (χ1) is 8.18. The molecule has 1 atom stereocenters. The Labute approximate surface area is 105 Å². The van der Waals surface area contributed by atoms with E-state index in [9.17, 15) is 4.79 Å². The molecule has 0 saturated heterocycles. The predicted octanol–water partition coefficient (Wildman–Crippen LogP) is 3.74. The van der Waals surface area contributed by atoms with E-state index in [1.807, 2.05) is 0 Å². The van der Waals surface area contributed by atoms with Crippen LogP contribution in [0.5, 0.6) is 0 Å². The number of aliphatic hydroxyl groups excluding tert-OH is 1. The number of carboxylic acid groups (broad SMARTS) is 1. The van der Waals surface area contributed by atoms with E-state index >= 15 is 0 Å². The van der Waals surface area contributed by atoms with Crippen LogP contribution in [0.3, 0.4) is 0 Å². The number of aliphatic hydroxyl groups is 1. The lowest BCUT2D eigenvalue weighted by Gasteiger charge is -2.05. The molecule has 3 heteroatoms. The zero-order valence-corrected chi connectivity index (χ0v) is 11.2. The van der Waals surface area contributed by atoms with Crippen molar-refractivity contribution in [2.24, 2.45) is 0 Å². The third-order valence-electron chi connectivity index (χ3n) is 3.12. The molecule has 2 N–H and O–H groups in total. The van der Waals surface area contributed by atoms with Gasteiger partial charge in [-0.1, -0.05) is 71.1 Å². The molecule has 0 bridgehead atoms. The van der Waals surface area contributed by atoms with Gasteiger partial charge in [-0.15, -0.1) is 0 Å². The Hall–Kier alpha value is -0.570. The van der Waals surface area contributed by atoms with Crippen LogP contribution in [-0.4, -0.2) is 22.3 Å². The molecule has 0 amide bonds. The van der Waals surface area contributed by atoms with Crippen molar-refractivity contribution < 1.29 is 15.0 Å². The van der Waals surface area contributed by atoms with Crippen LogP contribution in [0.2, 0.25) is 0 Å². The second-order valence-corrected chi connectivity index (χ2v) is 4.82. The Balaban J connectivity index is 3.06. The third kappa shape index (κ3) is 11.7. The van der Waals surface area contributed by atoms with Crippen LogP contribution >= 0.6 is 0 Å². The van der Waals surface area contributed by atoms with Gasteiger partial charge in [-0.05, 0) is 6.42 Å². The van der Waals surface area contributed by atoms with E-state index in [1.165, 1.54) is 51.4 Å². The minimum Gasteiger partial charge on any atom is -0.479 e. The van der Waals surface area contributed by atoms with Crippen molar-refractivity contribution in [1.29, 1.82) is 0 Å². The highest BCUT2D eigenvalue weighted by molar-refractivity contribution is 5.71. The van der Waals surface area contributed by atoms with Crippen molar-refractivity contribution in [2.45, 2.75) is 83.7 Å². The highest BCUT2D eigenvalue weighted by Crippen LogP contribution is 2.11. The lowest BCUT2D eigenvalue weighted by molar-refractivity contribution is -0.146. The minimum absolute atomic E-state index is 0.395. The Morgan fingerprint density at radius 1 is 0.882 bits per heavy atom. The molecule has 0 rings (SSSR count). The van der Waals surface area contributed by atoms with Gasteiger partial charge < -0.3 is 10.2 Å². The van der Waals surface area contributed by atoms with E-state index in [2.05, 4.69) is 6.92 Å². The fourth-order valence-corrected chi connectivity index (χ4v) is 1.95. The second-order valence-electron chi connectivity index (χ2n) is 4.82. The van der Waals surface area contributed by atoms with Crippen molar-refractivity contribution in [1.82, 2.24) is 0 Å². The summed E-state index contributed by atoms with van der Waals surface area (Å²) < 4.78 is 0. The average Bonchev–Trinajstić information content (AvgIpc) is 2.31. The lowest BCUT2D eigenvalue weighted by Crippen LogP contribution is -2.18. The first-order valence-corrected chi connectivity index (χ1v) is 7.09. The monoisotopic (exact) mass is 244 g/mol. The minimum atomic E-state index is -1.16. The summed E-state index contributed by atoms with van der Waals surface area (Å²) in [4.78, 5) is 10.3. The molecule has 0 heterocycles.